The van der Waals surface area contributed by atoms with E-state index < -0.39 is 0 Å². The third-order valence-electron chi connectivity index (χ3n) is 2.72. The van der Waals surface area contributed by atoms with E-state index in [-0.39, 0.29) is 6.10 Å². The van der Waals surface area contributed by atoms with Crippen LogP contribution in [-0.2, 0) is 16.0 Å². The Morgan fingerprint density at radius 3 is 2.88 bits per heavy atom. The lowest BCUT2D eigenvalue weighted by Gasteiger charge is -2.16. The van der Waals surface area contributed by atoms with Crippen molar-refractivity contribution in [3.63, 3.8) is 0 Å². The summed E-state index contributed by atoms with van der Waals surface area (Å²) >= 11 is 0. The highest BCUT2D eigenvalue weighted by Crippen LogP contribution is 2.23. The first-order valence-electron chi connectivity index (χ1n) is 5.44. The van der Waals surface area contributed by atoms with Crippen molar-refractivity contribution in [2.75, 3.05) is 0 Å². The van der Waals surface area contributed by atoms with E-state index in [1.165, 1.54) is 0 Å². The van der Waals surface area contributed by atoms with Crippen molar-refractivity contribution in [2.45, 2.75) is 19.4 Å². The summed E-state index contributed by atoms with van der Waals surface area (Å²) in [7, 11) is 0. The molecule has 1 unspecified atom stereocenters. The Kier molecular flexibility index (Phi) is 3.55. The number of nitrogens with zero attached hydrogens (tertiary/aromatic N) is 1. The van der Waals surface area contributed by atoms with Crippen LogP contribution in [0.2, 0.25) is 0 Å². The fraction of sp³-hybridized carbons (Fsp3) is 0.231. The maximum absolute atomic E-state index is 10.6. The highest BCUT2D eigenvalue weighted by molar-refractivity contribution is 5.40. The van der Waals surface area contributed by atoms with E-state index in [0.717, 1.165) is 16.8 Å². The fourth-order valence-corrected chi connectivity index (χ4v) is 1.84. The molecule has 1 atom stereocenters. The molecule has 0 bridgehead atoms. The summed E-state index contributed by atoms with van der Waals surface area (Å²) in [5.41, 5.74) is 3.08. The molecule has 0 aliphatic rings. The van der Waals surface area contributed by atoms with Crippen molar-refractivity contribution in [1.82, 2.24) is 10.2 Å². The molecule has 0 saturated heterocycles. The Morgan fingerprint density at radius 1 is 1.41 bits per heavy atom. The maximum Gasteiger partial charge on any atom is 0.293 e. The molecule has 1 N–H and O–H groups in total. The number of carbonyl (C=O) groups is 1. The second-order valence-electron chi connectivity index (χ2n) is 3.86. The molecule has 0 radical (unpaired) electrons. The second-order valence-corrected chi connectivity index (χ2v) is 3.86. The molecular weight excluding hydrogens is 216 g/mol. The van der Waals surface area contributed by atoms with Gasteiger partial charge in [-0.15, -0.1) is 0 Å². The highest BCUT2D eigenvalue weighted by Gasteiger charge is 2.15. The van der Waals surface area contributed by atoms with Gasteiger partial charge in [-0.25, -0.2) is 0 Å². The van der Waals surface area contributed by atoms with Crippen LogP contribution in [0.3, 0.4) is 0 Å². The molecule has 1 aromatic heterocycles. The molecular formula is C13H14N2O2. The molecule has 1 aromatic carbocycles. The SMILES string of the molecule is Cc1ccccc1C(Cc1ccn[nH]1)OC=O. The number of rotatable bonds is 5. The van der Waals surface area contributed by atoms with Crippen LogP contribution in [0, 0.1) is 6.92 Å². The summed E-state index contributed by atoms with van der Waals surface area (Å²) in [6.45, 7) is 2.50. The number of ether oxygens (including phenoxy) is 1. The lowest BCUT2D eigenvalue weighted by molar-refractivity contribution is -0.133. The van der Waals surface area contributed by atoms with Crippen molar-refractivity contribution < 1.29 is 9.53 Å². The fourth-order valence-electron chi connectivity index (χ4n) is 1.84. The summed E-state index contributed by atoms with van der Waals surface area (Å²) in [6.07, 6.45) is 2.02. The van der Waals surface area contributed by atoms with Gasteiger partial charge in [0.1, 0.15) is 6.10 Å². The van der Waals surface area contributed by atoms with Crippen molar-refractivity contribution in [2.24, 2.45) is 0 Å². The molecule has 0 saturated carbocycles. The van der Waals surface area contributed by atoms with E-state index in [4.69, 9.17) is 4.74 Å². The van der Waals surface area contributed by atoms with E-state index in [2.05, 4.69) is 10.2 Å². The molecule has 0 aliphatic heterocycles. The van der Waals surface area contributed by atoms with Crippen molar-refractivity contribution in [3.05, 3.63) is 53.3 Å². The number of benzene rings is 1. The number of aromatic nitrogens is 2. The third kappa shape index (κ3) is 2.72. The average Bonchev–Trinajstić information content (AvgIpc) is 2.82. The molecule has 4 nitrogen and oxygen atoms in total. The van der Waals surface area contributed by atoms with Gasteiger partial charge < -0.3 is 4.74 Å². The van der Waals surface area contributed by atoms with Gasteiger partial charge in [-0.3, -0.25) is 9.89 Å². The molecule has 2 rings (SSSR count). The minimum absolute atomic E-state index is 0.269. The molecule has 88 valence electrons. The van der Waals surface area contributed by atoms with E-state index >= 15 is 0 Å². The molecule has 17 heavy (non-hydrogen) atoms. The van der Waals surface area contributed by atoms with Gasteiger partial charge in [-0.1, -0.05) is 24.3 Å². The summed E-state index contributed by atoms with van der Waals surface area (Å²) in [5.74, 6) is 0. The van der Waals surface area contributed by atoms with Gasteiger partial charge in [0, 0.05) is 18.3 Å². The van der Waals surface area contributed by atoms with Gasteiger partial charge in [-0.2, -0.15) is 5.10 Å². The van der Waals surface area contributed by atoms with Gasteiger partial charge in [0.05, 0.1) is 0 Å². The molecule has 4 heteroatoms. The lowest BCUT2D eigenvalue weighted by atomic mass is 10.00. The number of nitrogens with one attached hydrogen (secondary N) is 1. The molecule has 2 aromatic rings. The monoisotopic (exact) mass is 230 g/mol. The molecule has 0 fully saturated rings. The zero-order valence-electron chi connectivity index (χ0n) is 9.59. The first-order chi connectivity index (χ1) is 8.31. The smallest absolute Gasteiger partial charge is 0.293 e. The zero-order chi connectivity index (χ0) is 12.1. The van der Waals surface area contributed by atoms with Crippen molar-refractivity contribution >= 4 is 6.47 Å². The highest BCUT2D eigenvalue weighted by atomic mass is 16.5. The predicted molar refractivity (Wildman–Crippen MR) is 63.4 cm³/mol. The van der Waals surface area contributed by atoms with Crippen LogP contribution in [0.5, 0.6) is 0 Å². The Hall–Kier alpha value is -2.10. The third-order valence-corrected chi connectivity index (χ3v) is 2.72. The number of hydrogen-bond donors (Lipinski definition) is 1. The minimum atomic E-state index is -0.269. The summed E-state index contributed by atoms with van der Waals surface area (Å²) < 4.78 is 5.15. The van der Waals surface area contributed by atoms with Crippen LogP contribution in [0.25, 0.3) is 0 Å². The summed E-state index contributed by atoms with van der Waals surface area (Å²) in [4.78, 5) is 10.6. The van der Waals surface area contributed by atoms with Gasteiger partial charge in [0.15, 0.2) is 0 Å². The quantitative estimate of drug-likeness (QED) is 0.801. The number of H-pyrrole nitrogens is 1. The van der Waals surface area contributed by atoms with Gasteiger partial charge in [0.25, 0.3) is 6.47 Å². The first-order valence-corrected chi connectivity index (χ1v) is 5.44. The summed E-state index contributed by atoms with van der Waals surface area (Å²) in [6, 6.07) is 9.76. The largest absolute Gasteiger partial charge is 0.459 e. The number of aryl methyl sites for hydroxylation is 1. The molecule has 0 amide bonds. The second kappa shape index (κ2) is 5.30. The Morgan fingerprint density at radius 2 is 2.24 bits per heavy atom. The van der Waals surface area contributed by atoms with E-state index in [1.807, 2.05) is 37.3 Å². The lowest BCUT2D eigenvalue weighted by Crippen LogP contribution is -2.08. The normalized spacial score (nSPS) is 12.1. The van der Waals surface area contributed by atoms with E-state index in [9.17, 15) is 4.79 Å². The maximum atomic E-state index is 10.6. The first kappa shape index (κ1) is 11.4. The van der Waals surface area contributed by atoms with Gasteiger partial charge in [-0.05, 0) is 24.1 Å². The Balaban J connectivity index is 2.23. The predicted octanol–water partition coefficient (Wildman–Crippen LogP) is 2.17. The Bertz CT molecular complexity index is 480. The van der Waals surface area contributed by atoms with E-state index in [1.54, 1.807) is 6.20 Å². The van der Waals surface area contributed by atoms with Gasteiger partial charge >= 0.3 is 0 Å². The number of aromatic amines is 1. The van der Waals surface area contributed by atoms with Crippen LogP contribution in [0.15, 0.2) is 36.5 Å². The molecule has 0 spiro atoms. The van der Waals surface area contributed by atoms with Crippen LogP contribution in [0.1, 0.15) is 22.9 Å². The minimum Gasteiger partial charge on any atom is -0.459 e. The standard InChI is InChI=1S/C13H14N2O2/c1-10-4-2-3-5-12(10)13(17-9-16)8-11-6-7-14-15-11/h2-7,9,13H,8H2,1H3,(H,14,15). The molecule has 1 heterocycles. The molecule has 0 aliphatic carbocycles. The number of hydrogen-bond acceptors (Lipinski definition) is 3. The number of carbonyl (C=O) groups excluding carboxylic acids is 1. The van der Waals surface area contributed by atoms with Crippen molar-refractivity contribution in [3.8, 4) is 0 Å². The van der Waals surface area contributed by atoms with E-state index in [0.29, 0.717) is 12.9 Å². The van der Waals surface area contributed by atoms with Crippen LogP contribution < -0.4 is 0 Å². The topological polar surface area (TPSA) is 55.0 Å². The van der Waals surface area contributed by atoms with Crippen molar-refractivity contribution in [1.29, 1.82) is 0 Å². The Labute approximate surface area is 99.6 Å². The van der Waals surface area contributed by atoms with Crippen LogP contribution in [-0.4, -0.2) is 16.7 Å². The van der Waals surface area contributed by atoms with Gasteiger partial charge in [0.2, 0.25) is 0 Å². The zero-order valence-corrected chi connectivity index (χ0v) is 9.59. The van der Waals surface area contributed by atoms with Crippen LogP contribution >= 0.6 is 0 Å². The average molecular weight is 230 g/mol. The summed E-state index contributed by atoms with van der Waals surface area (Å²) in [5, 5.41) is 6.75. The van der Waals surface area contributed by atoms with Crippen LogP contribution in [0.4, 0.5) is 0 Å².